The molecule has 152 valence electrons. The zero-order valence-electron chi connectivity index (χ0n) is 15.7. The van der Waals surface area contributed by atoms with Gasteiger partial charge in [-0.25, -0.2) is 15.0 Å². The highest BCUT2D eigenvalue weighted by Gasteiger charge is 2.35. The molecule has 1 aliphatic rings. The topological polar surface area (TPSA) is 58.0 Å². The first kappa shape index (κ1) is 19.7. The lowest BCUT2D eigenvalue weighted by molar-refractivity contribution is -0.141. The minimum atomic E-state index is -4.55. The average molecular weight is 420 g/mol. The summed E-state index contributed by atoms with van der Waals surface area (Å²) in [7, 11) is 0. The maximum atomic E-state index is 13.4. The highest BCUT2D eigenvalue weighted by atomic mass is 32.1. The number of aromatic nitrogens is 4. The normalized spacial score (nSPS) is 16.8. The predicted molar refractivity (Wildman–Crippen MR) is 105 cm³/mol. The van der Waals surface area contributed by atoms with E-state index in [1.54, 1.807) is 35.7 Å². The standard InChI is InChI=1S/C19H19F3N6S/c1-13(18-24-6-11-29-18)27-7-9-28(10-8-27)16-12-15(19(20,21)22)25-17(26-16)14-4-2-3-5-23-14/h2-6,11-13H,7-10H2,1H3. The number of thiazole rings is 1. The van der Waals surface area contributed by atoms with Crippen LogP contribution in [-0.2, 0) is 6.18 Å². The van der Waals surface area contributed by atoms with Gasteiger partial charge in [-0.15, -0.1) is 11.3 Å². The second kappa shape index (κ2) is 8.03. The zero-order chi connectivity index (χ0) is 20.4. The molecule has 0 spiro atoms. The summed E-state index contributed by atoms with van der Waals surface area (Å²) in [5, 5.41) is 2.98. The highest BCUT2D eigenvalue weighted by molar-refractivity contribution is 7.09. The molecule has 1 unspecified atom stereocenters. The Labute approximate surface area is 170 Å². The number of halogens is 3. The van der Waals surface area contributed by atoms with Gasteiger partial charge in [0.1, 0.15) is 16.5 Å². The minimum Gasteiger partial charge on any atom is -0.354 e. The maximum absolute atomic E-state index is 13.4. The fourth-order valence-corrected chi connectivity index (χ4v) is 4.02. The van der Waals surface area contributed by atoms with E-state index < -0.39 is 11.9 Å². The fourth-order valence-electron chi connectivity index (χ4n) is 3.29. The van der Waals surface area contributed by atoms with Crippen molar-refractivity contribution in [2.45, 2.75) is 19.1 Å². The van der Waals surface area contributed by atoms with Gasteiger partial charge in [-0.2, -0.15) is 13.2 Å². The van der Waals surface area contributed by atoms with Crippen molar-refractivity contribution in [3.8, 4) is 11.5 Å². The third-order valence-electron chi connectivity index (χ3n) is 4.89. The Balaban J connectivity index is 1.57. The van der Waals surface area contributed by atoms with E-state index in [2.05, 4.69) is 31.8 Å². The molecule has 3 aromatic heterocycles. The van der Waals surface area contributed by atoms with Crippen LogP contribution in [0.1, 0.15) is 23.7 Å². The van der Waals surface area contributed by atoms with Crippen LogP contribution in [0, 0.1) is 0 Å². The first-order valence-electron chi connectivity index (χ1n) is 9.18. The largest absolute Gasteiger partial charge is 0.433 e. The van der Waals surface area contributed by atoms with Crippen molar-refractivity contribution < 1.29 is 13.2 Å². The number of nitrogens with zero attached hydrogens (tertiary/aromatic N) is 6. The molecule has 1 saturated heterocycles. The number of rotatable bonds is 4. The Hall–Kier alpha value is -2.59. The van der Waals surface area contributed by atoms with Crippen LogP contribution in [0.25, 0.3) is 11.5 Å². The number of anilines is 1. The van der Waals surface area contributed by atoms with Gasteiger partial charge in [-0.1, -0.05) is 6.07 Å². The first-order valence-corrected chi connectivity index (χ1v) is 10.1. The van der Waals surface area contributed by atoms with Crippen LogP contribution in [0.5, 0.6) is 0 Å². The summed E-state index contributed by atoms with van der Waals surface area (Å²) in [6, 6.07) is 6.20. The van der Waals surface area contributed by atoms with Gasteiger partial charge in [-0.05, 0) is 19.1 Å². The molecule has 1 aliphatic heterocycles. The van der Waals surface area contributed by atoms with Gasteiger partial charge in [-0.3, -0.25) is 9.88 Å². The predicted octanol–water partition coefficient (Wildman–Crippen LogP) is 3.90. The van der Waals surface area contributed by atoms with Crippen molar-refractivity contribution in [2.75, 3.05) is 31.1 Å². The molecule has 0 N–H and O–H groups in total. The van der Waals surface area contributed by atoms with Crippen LogP contribution < -0.4 is 4.90 Å². The maximum Gasteiger partial charge on any atom is 0.433 e. The van der Waals surface area contributed by atoms with Gasteiger partial charge in [0.25, 0.3) is 0 Å². The Bertz CT molecular complexity index is 940. The van der Waals surface area contributed by atoms with Gasteiger partial charge in [0.05, 0.1) is 6.04 Å². The molecule has 0 amide bonds. The molecule has 1 fully saturated rings. The molecule has 4 heterocycles. The zero-order valence-corrected chi connectivity index (χ0v) is 16.5. The lowest BCUT2D eigenvalue weighted by atomic mass is 10.2. The van der Waals surface area contributed by atoms with Crippen LogP contribution in [-0.4, -0.2) is 51.0 Å². The second-order valence-electron chi connectivity index (χ2n) is 6.72. The SMILES string of the molecule is CC(c1nccs1)N1CCN(c2cc(C(F)(F)F)nc(-c3ccccn3)n2)CC1. The second-order valence-corrected chi connectivity index (χ2v) is 7.64. The molecule has 10 heteroatoms. The summed E-state index contributed by atoms with van der Waals surface area (Å²) < 4.78 is 40.2. The third kappa shape index (κ3) is 4.38. The van der Waals surface area contributed by atoms with Crippen molar-refractivity contribution in [3.63, 3.8) is 0 Å². The lowest BCUT2D eigenvalue weighted by Gasteiger charge is -2.38. The molecule has 29 heavy (non-hydrogen) atoms. The van der Waals surface area contributed by atoms with Crippen LogP contribution in [0.4, 0.5) is 19.0 Å². The Morgan fingerprint density at radius 2 is 1.83 bits per heavy atom. The number of alkyl halides is 3. The van der Waals surface area contributed by atoms with Gasteiger partial charge in [0.15, 0.2) is 11.5 Å². The van der Waals surface area contributed by atoms with E-state index in [-0.39, 0.29) is 17.7 Å². The fraction of sp³-hybridized carbons (Fsp3) is 0.368. The number of piperazine rings is 1. The van der Waals surface area contributed by atoms with Crippen LogP contribution in [0.15, 0.2) is 42.0 Å². The van der Waals surface area contributed by atoms with E-state index >= 15 is 0 Å². The lowest BCUT2D eigenvalue weighted by Crippen LogP contribution is -2.47. The third-order valence-corrected chi connectivity index (χ3v) is 5.84. The van der Waals surface area contributed by atoms with Crippen molar-refractivity contribution in [1.29, 1.82) is 0 Å². The van der Waals surface area contributed by atoms with E-state index in [9.17, 15) is 13.2 Å². The van der Waals surface area contributed by atoms with Gasteiger partial charge >= 0.3 is 6.18 Å². The number of hydrogen-bond donors (Lipinski definition) is 0. The van der Waals surface area contributed by atoms with Crippen molar-refractivity contribution in [2.24, 2.45) is 0 Å². The van der Waals surface area contributed by atoms with Crippen molar-refractivity contribution >= 4 is 17.2 Å². The average Bonchev–Trinajstić information content (AvgIpc) is 3.28. The summed E-state index contributed by atoms with van der Waals surface area (Å²) in [4.78, 5) is 20.7. The van der Waals surface area contributed by atoms with E-state index in [4.69, 9.17) is 0 Å². The van der Waals surface area contributed by atoms with Crippen molar-refractivity contribution in [1.82, 2.24) is 24.8 Å². The van der Waals surface area contributed by atoms with E-state index in [1.807, 2.05) is 10.3 Å². The summed E-state index contributed by atoms with van der Waals surface area (Å²) in [6.07, 6.45) is -1.26. The molecule has 3 aromatic rings. The molecule has 0 aromatic carbocycles. The quantitative estimate of drug-likeness (QED) is 0.638. The molecular formula is C19H19F3N6S. The molecule has 0 saturated carbocycles. The van der Waals surface area contributed by atoms with E-state index in [1.165, 1.54) is 6.20 Å². The summed E-state index contributed by atoms with van der Waals surface area (Å²) in [5.41, 5.74) is -0.641. The smallest absolute Gasteiger partial charge is 0.354 e. The van der Waals surface area contributed by atoms with Gasteiger partial charge in [0, 0.05) is 50.0 Å². The monoisotopic (exact) mass is 420 g/mol. The number of hydrogen-bond acceptors (Lipinski definition) is 7. The molecule has 0 aliphatic carbocycles. The minimum absolute atomic E-state index is 0.0194. The van der Waals surface area contributed by atoms with Crippen LogP contribution >= 0.6 is 11.3 Å². The van der Waals surface area contributed by atoms with Crippen molar-refractivity contribution in [3.05, 3.63) is 52.7 Å². The molecular weight excluding hydrogens is 401 g/mol. The van der Waals surface area contributed by atoms with Gasteiger partial charge in [0.2, 0.25) is 0 Å². The molecule has 4 rings (SSSR count). The Morgan fingerprint density at radius 3 is 2.45 bits per heavy atom. The van der Waals surface area contributed by atoms with Gasteiger partial charge < -0.3 is 4.90 Å². The number of pyridine rings is 1. The summed E-state index contributed by atoms with van der Waals surface area (Å²) >= 11 is 1.61. The molecule has 6 nitrogen and oxygen atoms in total. The van der Waals surface area contributed by atoms with Crippen LogP contribution in [0.3, 0.4) is 0 Å². The molecule has 1 atom stereocenters. The molecule has 0 radical (unpaired) electrons. The molecule has 0 bridgehead atoms. The summed E-state index contributed by atoms with van der Waals surface area (Å²) in [6.45, 7) is 4.67. The van der Waals surface area contributed by atoms with E-state index in [0.29, 0.717) is 31.9 Å². The Kier molecular flexibility index (Phi) is 5.46. The van der Waals surface area contributed by atoms with Crippen LogP contribution in [0.2, 0.25) is 0 Å². The summed E-state index contributed by atoms with van der Waals surface area (Å²) in [5.74, 6) is 0.253. The Morgan fingerprint density at radius 1 is 1.03 bits per heavy atom. The van der Waals surface area contributed by atoms with E-state index in [0.717, 1.165) is 11.1 Å². The first-order chi connectivity index (χ1) is 13.9. The highest BCUT2D eigenvalue weighted by Crippen LogP contribution is 2.32.